The van der Waals surface area contributed by atoms with Gasteiger partial charge >= 0.3 is 0 Å². The van der Waals surface area contributed by atoms with Gasteiger partial charge in [0.2, 0.25) is 0 Å². The Morgan fingerprint density at radius 3 is 1.65 bits per heavy atom. The van der Waals surface area contributed by atoms with Crippen LogP contribution in [0.1, 0.15) is 41.0 Å². The van der Waals surface area contributed by atoms with Crippen molar-refractivity contribution >= 4 is 27.5 Å². The van der Waals surface area contributed by atoms with Gasteiger partial charge in [0.25, 0.3) is 8.32 Å². The predicted molar refractivity (Wildman–Crippen MR) is 121 cm³/mol. The minimum Gasteiger partial charge on any atom is -0.406 e. The lowest BCUT2D eigenvalue weighted by Crippen LogP contribution is -2.68. The van der Waals surface area contributed by atoms with Crippen molar-refractivity contribution < 1.29 is 4.43 Å². The standard InChI is InChI=1S/C23H36OSi2/c1-8-19(2)20(3)26(21-15-11-9-12-16-21,22-17-13-10-14-18-22)24-23(4,5)25(6)7/h9-20,25H,8H2,1-7H3. The third-order valence-corrected chi connectivity index (χ3v) is 14.6. The molecule has 0 bridgehead atoms. The highest BCUT2D eigenvalue weighted by Gasteiger charge is 2.50. The Hall–Kier alpha value is -1.17. The zero-order valence-corrected chi connectivity index (χ0v) is 19.8. The summed E-state index contributed by atoms with van der Waals surface area (Å²) in [6, 6.07) is 22.1. The lowest BCUT2D eigenvalue weighted by atomic mass is 10.1. The van der Waals surface area contributed by atoms with Crippen molar-refractivity contribution in [2.45, 2.75) is 64.9 Å². The van der Waals surface area contributed by atoms with Crippen molar-refractivity contribution in [1.29, 1.82) is 0 Å². The van der Waals surface area contributed by atoms with Gasteiger partial charge in [-0.2, -0.15) is 0 Å². The molecule has 3 heteroatoms. The molecule has 0 radical (unpaired) electrons. The molecule has 0 amide bonds. The van der Waals surface area contributed by atoms with Crippen molar-refractivity contribution in [2.75, 3.05) is 0 Å². The van der Waals surface area contributed by atoms with E-state index in [4.69, 9.17) is 4.43 Å². The van der Waals surface area contributed by atoms with Gasteiger partial charge in [0.1, 0.15) is 0 Å². The summed E-state index contributed by atoms with van der Waals surface area (Å²) in [5.41, 5.74) is 0.504. The Bertz CT molecular complexity index is 628. The highest BCUT2D eigenvalue weighted by molar-refractivity contribution is 6.99. The molecule has 0 heterocycles. The van der Waals surface area contributed by atoms with Crippen LogP contribution >= 0.6 is 0 Å². The van der Waals surface area contributed by atoms with Crippen molar-refractivity contribution in [3.05, 3.63) is 60.7 Å². The van der Waals surface area contributed by atoms with E-state index in [1.165, 1.54) is 16.8 Å². The van der Waals surface area contributed by atoms with Crippen LogP contribution in [0, 0.1) is 5.92 Å². The molecule has 0 saturated heterocycles. The number of benzene rings is 2. The molecule has 0 aliphatic heterocycles. The fourth-order valence-corrected chi connectivity index (χ4v) is 10.1. The average molecular weight is 385 g/mol. The topological polar surface area (TPSA) is 9.23 Å². The van der Waals surface area contributed by atoms with Gasteiger partial charge in [0, 0.05) is 5.22 Å². The zero-order chi connectivity index (χ0) is 19.4. The maximum absolute atomic E-state index is 7.34. The summed E-state index contributed by atoms with van der Waals surface area (Å²) in [6.45, 7) is 16.6. The number of hydrogen-bond donors (Lipinski definition) is 0. The quantitative estimate of drug-likeness (QED) is 0.582. The average Bonchev–Trinajstić information content (AvgIpc) is 2.66. The van der Waals surface area contributed by atoms with Crippen LogP contribution in [0.5, 0.6) is 0 Å². The maximum atomic E-state index is 7.34. The molecule has 1 nitrogen and oxygen atoms in total. The Morgan fingerprint density at radius 1 is 0.885 bits per heavy atom. The molecular formula is C23H36OSi2. The molecule has 26 heavy (non-hydrogen) atoms. The van der Waals surface area contributed by atoms with Gasteiger partial charge < -0.3 is 4.43 Å². The van der Waals surface area contributed by atoms with Gasteiger partial charge in [0.05, 0.1) is 8.80 Å². The first kappa shape index (κ1) is 21.1. The van der Waals surface area contributed by atoms with E-state index in [9.17, 15) is 0 Å². The van der Waals surface area contributed by atoms with Crippen molar-refractivity contribution in [1.82, 2.24) is 0 Å². The lowest BCUT2D eigenvalue weighted by molar-refractivity contribution is 0.177. The first-order valence-electron chi connectivity index (χ1n) is 10.1. The molecule has 2 aromatic carbocycles. The Labute approximate surface area is 163 Å². The summed E-state index contributed by atoms with van der Waals surface area (Å²) in [6.07, 6.45) is 1.18. The molecule has 2 atom stereocenters. The van der Waals surface area contributed by atoms with Gasteiger partial charge in [-0.1, -0.05) is 101 Å². The van der Waals surface area contributed by atoms with Crippen LogP contribution < -0.4 is 10.4 Å². The Morgan fingerprint density at radius 2 is 1.31 bits per heavy atom. The van der Waals surface area contributed by atoms with Gasteiger partial charge in [-0.05, 0) is 35.7 Å². The third kappa shape index (κ3) is 4.21. The first-order valence-corrected chi connectivity index (χ1v) is 14.9. The maximum Gasteiger partial charge on any atom is 0.259 e. The minimum absolute atomic E-state index is 0.0420. The number of rotatable bonds is 8. The van der Waals surface area contributed by atoms with E-state index in [2.05, 4.69) is 108 Å². The van der Waals surface area contributed by atoms with E-state index >= 15 is 0 Å². The van der Waals surface area contributed by atoms with Crippen LogP contribution in [0.3, 0.4) is 0 Å². The van der Waals surface area contributed by atoms with E-state index in [-0.39, 0.29) is 5.22 Å². The molecule has 0 aromatic heterocycles. The molecule has 2 aromatic rings. The lowest BCUT2D eigenvalue weighted by Gasteiger charge is -2.46. The smallest absolute Gasteiger partial charge is 0.259 e. The van der Waals surface area contributed by atoms with Crippen LogP contribution in [0.25, 0.3) is 0 Å². The predicted octanol–water partition coefficient (Wildman–Crippen LogP) is 5.00. The highest BCUT2D eigenvalue weighted by Crippen LogP contribution is 2.35. The molecule has 2 rings (SSSR count). The minimum atomic E-state index is -2.40. The summed E-state index contributed by atoms with van der Waals surface area (Å²) >= 11 is 0. The summed E-state index contributed by atoms with van der Waals surface area (Å²) in [5, 5.41) is 2.77. The second kappa shape index (κ2) is 8.68. The zero-order valence-electron chi connectivity index (χ0n) is 17.6. The molecule has 0 saturated carbocycles. The second-order valence-electron chi connectivity index (χ2n) is 8.50. The number of hydrogen-bond acceptors (Lipinski definition) is 1. The second-order valence-corrected chi connectivity index (χ2v) is 15.9. The Balaban J connectivity index is 2.75. The van der Waals surface area contributed by atoms with E-state index in [0.717, 1.165) is 0 Å². The molecule has 142 valence electrons. The summed E-state index contributed by atoms with van der Waals surface area (Å²) < 4.78 is 7.34. The van der Waals surface area contributed by atoms with Crippen LogP contribution in [0.4, 0.5) is 0 Å². The fraction of sp³-hybridized carbons (Fsp3) is 0.478. The van der Waals surface area contributed by atoms with Crippen LogP contribution in [-0.4, -0.2) is 22.3 Å². The normalized spacial score (nSPS) is 15.1. The molecule has 0 aliphatic rings. The SMILES string of the molecule is CCC(C)C(C)[Si](OC(C)(C)[SiH](C)C)(c1ccccc1)c1ccccc1. The van der Waals surface area contributed by atoms with Gasteiger partial charge in [-0.3, -0.25) is 0 Å². The molecule has 0 spiro atoms. The van der Waals surface area contributed by atoms with E-state index < -0.39 is 17.1 Å². The van der Waals surface area contributed by atoms with Crippen LogP contribution in [0.2, 0.25) is 18.6 Å². The molecule has 0 fully saturated rings. The highest BCUT2D eigenvalue weighted by atomic mass is 28.4. The van der Waals surface area contributed by atoms with E-state index in [1.807, 2.05) is 0 Å². The molecule has 0 N–H and O–H groups in total. The fourth-order valence-electron chi connectivity index (χ4n) is 3.56. The summed E-state index contributed by atoms with van der Waals surface area (Å²) in [7, 11) is -3.39. The van der Waals surface area contributed by atoms with E-state index in [0.29, 0.717) is 11.5 Å². The van der Waals surface area contributed by atoms with Crippen LogP contribution in [-0.2, 0) is 4.43 Å². The molecule has 0 aliphatic carbocycles. The van der Waals surface area contributed by atoms with Crippen molar-refractivity contribution in [3.8, 4) is 0 Å². The van der Waals surface area contributed by atoms with Gasteiger partial charge in [-0.15, -0.1) is 0 Å². The summed E-state index contributed by atoms with van der Waals surface area (Å²) in [4.78, 5) is 0. The molecular weight excluding hydrogens is 348 g/mol. The van der Waals surface area contributed by atoms with Gasteiger partial charge in [0.15, 0.2) is 0 Å². The van der Waals surface area contributed by atoms with Crippen LogP contribution in [0.15, 0.2) is 60.7 Å². The Kier molecular flexibility index (Phi) is 7.06. The van der Waals surface area contributed by atoms with Crippen molar-refractivity contribution in [2.24, 2.45) is 5.92 Å². The summed E-state index contributed by atoms with van der Waals surface area (Å²) in [5.74, 6) is 0.617. The van der Waals surface area contributed by atoms with Gasteiger partial charge in [-0.25, -0.2) is 0 Å². The molecule has 2 unspecified atom stereocenters. The van der Waals surface area contributed by atoms with Crippen molar-refractivity contribution in [3.63, 3.8) is 0 Å². The largest absolute Gasteiger partial charge is 0.406 e. The first-order chi connectivity index (χ1) is 12.3. The monoisotopic (exact) mass is 384 g/mol. The van der Waals surface area contributed by atoms with E-state index in [1.54, 1.807) is 0 Å². The third-order valence-electron chi connectivity index (χ3n) is 6.36.